The molecule has 1 heterocycles. The third kappa shape index (κ3) is 5.53. The van der Waals surface area contributed by atoms with Crippen molar-refractivity contribution in [1.82, 2.24) is 20.2 Å². The number of carbonyl (C=O) groups is 1. The summed E-state index contributed by atoms with van der Waals surface area (Å²) in [6, 6.07) is 6.19. The standard InChI is InChI=1S/C19H27N5O/c1-5-15-9-6-8-14(2)17(15)23-19-21-12-16(13-22-19)18(25)20-10-7-11-24(3)4/h6,8-9,12-13H,5,7,10-11H2,1-4H3,(H,20,25)(H,21,22,23). The minimum absolute atomic E-state index is 0.143. The molecule has 0 atom stereocenters. The van der Waals surface area contributed by atoms with E-state index in [4.69, 9.17) is 0 Å². The molecule has 0 saturated carbocycles. The Balaban J connectivity index is 1.97. The molecule has 0 saturated heterocycles. The summed E-state index contributed by atoms with van der Waals surface area (Å²) < 4.78 is 0. The first kappa shape index (κ1) is 18.9. The molecule has 1 amide bonds. The third-order valence-electron chi connectivity index (χ3n) is 3.96. The molecule has 1 aromatic heterocycles. The number of nitrogens with zero attached hydrogens (tertiary/aromatic N) is 3. The summed E-state index contributed by atoms with van der Waals surface area (Å²) in [5, 5.41) is 6.15. The minimum Gasteiger partial charge on any atom is -0.352 e. The first-order chi connectivity index (χ1) is 12.0. The molecule has 2 rings (SSSR count). The van der Waals surface area contributed by atoms with E-state index >= 15 is 0 Å². The van der Waals surface area contributed by atoms with Gasteiger partial charge in [0.25, 0.3) is 5.91 Å². The molecule has 0 bridgehead atoms. The molecular formula is C19H27N5O. The fraction of sp³-hybridized carbons (Fsp3) is 0.421. The quantitative estimate of drug-likeness (QED) is 0.723. The highest BCUT2D eigenvalue weighted by Crippen LogP contribution is 2.23. The number of hydrogen-bond acceptors (Lipinski definition) is 5. The lowest BCUT2D eigenvalue weighted by molar-refractivity contribution is 0.0951. The van der Waals surface area contributed by atoms with Crippen LogP contribution in [0.1, 0.15) is 34.8 Å². The topological polar surface area (TPSA) is 70.2 Å². The van der Waals surface area contributed by atoms with Gasteiger partial charge in [0.15, 0.2) is 0 Å². The number of amides is 1. The third-order valence-corrected chi connectivity index (χ3v) is 3.96. The van der Waals surface area contributed by atoms with E-state index in [1.54, 1.807) is 12.4 Å². The number of aromatic nitrogens is 2. The van der Waals surface area contributed by atoms with Crippen LogP contribution in [0.15, 0.2) is 30.6 Å². The number of benzene rings is 1. The lowest BCUT2D eigenvalue weighted by Gasteiger charge is -2.13. The van der Waals surface area contributed by atoms with Crippen LogP contribution < -0.4 is 10.6 Å². The number of nitrogens with one attached hydrogen (secondary N) is 2. The number of carbonyl (C=O) groups excluding carboxylic acids is 1. The summed E-state index contributed by atoms with van der Waals surface area (Å²) in [5.74, 6) is 0.351. The zero-order valence-corrected chi connectivity index (χ0v) is 15.5. The molecule has 0 spiro atoms. The highest BCUT2D eigenvalue weighted by Gasteiger charge is 2.09. The SMILES string of the molecule is CCc1cccc(C)c1Nc1ncc(C(=O)NCCCN(C)C)cn1. The number of anilines is 2. The number of aryl methyl sites for hydroxylation is 2. The summed E-state index contributed by atoms with van der Waals surface area (Å²) in [4.78, 5) is 22.7. The molecule has 1 aromatic carbocycles. The van der Waals surface area contributed by atoms with Gasteiger partial charge in [-0.1, -0.05) is 25.1 Å². The smallest absolute Gasteiger partial charge is 0.254 e. The molecule has 25 heavy (non-hydrogen) atoms. The molecule has 0 aliphatic carbocycles. The van der Waals surface area contributed by atoms with E-state index in [1.165, 1.54) is 5.56 Å². The van der Waals surface area contributed by atoms with Crippen LogP contribution in [0.5, 0.6) is 0 Å². The van der Waals surface area contributed by atoms with Crippen LogP contribution in [0, 0.1) is 6.92 Å². The first-order valence-corrected chi connectivity index (χ1v) is 8.61. The molecule has 0 unspecified atom stereocenters. The number of rotatable bonds is 8. The van der Waals surface area contributed by atoms with Crippen molar-refractivity contribution in [3.05, 3.63) is 47.3 Å². The van der Waals surface area contributed by atoms with Crippen molar-refractivity contribution in [3.63, 3.8) is 0 Å². The molecular weight excluding hydrogens is 314 g/mol. The van der Waals surface area contributed by atoms with Gasteiger partial charge in [0.2, 0.25) is 5.95 Å². The zero-order chi connectivity index (χ0) is 18.2. The molecule has 6 heteroatoms. The van der Waals surface area contributed by atoms with Crippen molar-refractivity contribution < 1.29 is 4.79 Å². The van der Waals surface area contributed by atoms with Crippen molar-refractivity contribution in [2.24, 2.45) is 0 Å². The Morgan fingerprint density at radius 2 is 1.92 bits per heavy atom. The van der Waals surface area contributed by atoms with E-state index in [0.29, 0.717) is 18.1 Å². The Hall–Kier alpha value is -2.47. The van der Waals surface area contributed by atoms with E-state index in [2.05, 4.69) is 51.5 Å². The van der Waals surface area contributed by atoms with Gasteiger partial charge in [-0.2, -0.15) is 0 Å². The van der Waals surface area contributed by atoms with Gasteiger partial charge >= 0.3 is 0 Å². The molecule has 2 N–H and O–H groups in total. The molecule has 0 fully saturated rings. The fourth-order valence-corrected chi connectivity index (χ4v) is 2.52. The lowest BCUT2D eigenvalue weighted by Crippen LogP contribution is -2.27. The van der Waals surface area contributed by atoms with Gasteiger partial charge in [-0.3, -0.25) is 4.79 Å². The van der Waals surface area contributed by atoms with E-state index in [-0.39, 0.29) is 5.91 Å². The summed E-state index contributed by atoms with van der Waals surface area (Å²) in [6.45, 7) is 5.75. The van der Waals surface area contributed by atoms with Gasteiger partial charge in [0.05, 0.1) is 5.56 Å². The van der Waals surface area contributed by atoms with Crippen molar-refractivity contribution in [2.75, 3.05) is 32.5 Å². The molecule has 134 valence electrons. The normalized spacial score (nSPS) is 10.8. The largest absolute Gasteiger partial charge is 0.352 e. The van der Waals surface area contributed by atoms with E-state index in [1.807, 2.05) is 20.2 Å². The van der Waals surface area contributed by atoms with Crippen LogP contribution in [-0.4, -0.2) is 48.0 Å². The highest BCUT2D eigenvalue weighted by atomic mass is 16.1. The van der Waals surface area contributed by atoms with Gasteiger partial charge < -0.3 is 15.5 Å². The van der Waals surface area contributed by atoms with Gasteiger partial charge in [-0.15, -0.1) is 0 Å². The Morgan fingerprint density at radius 1 is 1.20 bits per heavy atom. The fourth-order valence-electron chi connectivity index (χ4n) is 2.52. The zero-order valence-electron chi connectivity index (χ0n) is 15.5. The van der Waals surface area contributed by atoms with Crippen molar-refractivity contribution in [1.29, 1.82) is 0 Å². The van der Waals surface area contributed by atoms with Crippen LogP contribution in [0.4, 0.5) is 11.6 Å². The van der Waals surface area contributed by atoms with Gasteiger partial charge in [-0.05, 0) is 51.5 Å². The number of para-hydroxylation sites is 1. The van der Waals surface area contributed by atoms with Crippen LogP contribution in [0.2, 0.25) is 0 Å². The highest BCUT2D eigenvalue weighted by molar-refractivity contribution is 5.93. The van der Waals surface area contributed by atoms with Gasteiger partial charge in [0, 0.05) is 24.6 Å². The second-order valence-electron chi connectivity index (χ2n) is 6.30. The summed E-state index contributed by atoms with van der Waals surface area (Å²) in [6.07, 6.45) is 4.95. The predicted octanol–water partition coefficient (Wildman–Crippen LogP) is 2.77. The van der Waals surface area contributed by atoms with Crippen molar-refractivity contribution in [2.45, 2.75) is 26.7 Å². The van der Waals surface area contributed by atoms with E-state index in [9.17, 15) is 4.79 Å². The maximum absolute atomic E-state index is 12.1. The Morgan fingerprint density at radius 3 is 2.56 bits per heavy atom. The lowest BCUT2D eigenvalue weighted by atomic mass is 10.1. The van der Waals surface area contributed by atoms with E-state index in [0.717, 1.165) is 30.6 Å². The van der Waals surface area contributed by atoms with Crippen molar-refractivity contribution in [3.8, 4) is 0 Å². The average molecular weight is 341 g/mol. The first-order valence-electron chi connectivity index (χ1n) is 8.61. The Kier molecular flexibility index (Phi) is 6.89. The summed E-state index contributed by atoms with van der Waals surface area (Å²) in [5.41, 5.74) is 3.86. The Labute approximate surface area is 149 Å². The van der Waals surface area contributed by atoms with Gasteiger partial charge in [-0.25, -0.2) is 9.97 Å². The molecule has 0 aliphatic rings. The maximum atomic E-state index is 12.1. The van der Waals surface area contributed by atoms with Crippen molar-refractivity contribution >= 4 is 17.5 Å². The van der Waals surface area contributed by atoms with Crippen LogP contribution >= 0.6 is 0 Å². The summed E-state index contributed by atoms with van der Waals surface area (Å²) in [7, 11) is 4.03. The maximum Gasteiger partial charge on any atom is 0.254 e. The second-order valence-corrected chi connectivity index (χ2v) is 6.30. The van der Waals surface area contributed by atoms with Crippen LogP contribution in [0.25, 0.3) is 0 Å². The summed E-state index contributed by atoms with van der Waals surface area (Å²) >= 11 is 0. The second kappa shape index (κ2) is 9.13. The average Bonchev–Trinajstić information content (AvgIpc) is 2.60. The van der Waals surface area contributed by atoms with E-state index < -0.39 is 0 Å². The minimum atomic E-state index is -0.143. The molecule has 0 aliphatic heterocycles. The molecule has 6 nitrogen and oxygen atoms in total. The Bertz CT molecular complexity index is 697. The van der Waals surface area contributed by atoms with Gasteiger partial charge in [0.1, 0.15) is 0 Å². The van der Waals surface area contributed by atoms with Crippen LogP contribution in [0.3, 0.4) is 0 Å². The molecule has 0 radical (unpaired) electrons. The predicted molar refractivity (Wildman–Crippen MR) is 101 cm³/mol. The monoisotopic (exact) mass is 341 g/mol. The molecule has 2 aromatic rings. The number of hydrogen-bond donors (Lipinski definition) is 2. The van der Waals surface area contributed by atoms with Crippen LogP contribution in [-0.2, 0) is 6.42 Å².